The summed E-state index contributed by atoms with van der Waals surface area (Å²) in [5.41, 5.74) is 0.261. The maximum atomic E-state index is 13.1. The molecule has 0 heterocycles. The summed E-state index contributed by atoms with van der Waals surface area (Å²) in [6.45, 7) is 8.37. The summed E-state index contributed by atoms with van der Waals surface area (Å²) in [6.07, 6.45) is 12.6. The number of ether oxygens (including phenoxy) is 1. The van der Waals surface area contributed by atoms with E-state index in [4.69, 9.17) is 4.74 Å². The first-order valence-corrected chi connectivity index (χ1v) is 12.6. The number of Topliss-reactive ketones (excluding diaryl/α,β-unsaturated/α-hetero) is 1. The molecule has 4 aliphatic rings. The molecule has 0 aromatic heterocycles. The lowest BCUT2D eigenvalue weighted by Gasteiger charge is -2.59. The largest absolute Gasteiger partial charge is 0.450 e. The van der Waals surface area contributed by atoms with Crippen molar-refractivity contribution in [2.45, 2.75) is 110 Å². The predicted octanol–water partition coefficient (Wildman–Crippen LogP) is 5.97. The molecule has 0 unspecified atom stereocenters. The quantitative estimate of drug-likeness (QED) is 0.386. The molecule has 0 saturated heterocycles. The van der Waals surface area contributed by atoms with Crippen molar-refractivity contribution in [2.24, 2.45) is 28.6 Å². The van der Waals surface area contributed by atoms with Gasteiger partial charge in [-0.3, -0.25) is 14.4 Å². The van der Waals surface area contributed by atoms with Crippen LogP contribution < -0.4 is 0 Å². The molecule has 172 valence electrons. The van der Waals surface area contributed by atoms with Crippen LogP contribution in [-0.4, -0.2) is 23.1 Å². The van der Waals surface area contributed by atoms with E-state index in [9.17, 15) is 14.4 Å². The Bertz CT molecular complexity index is 797. The van der Waals surface area contributed by atoms with Crippen molar-refractivity contribution in [1.29, 1.82) is 0 Å². The maximum absolute atomic E-state index is 13.1. The van der Waals surface area contributed by atoms with Gasteiger partial charge in [-0.15, -0.1) is 0 Å². The van der Waals surface area contributed by atoms with E-state index in [0.717, 1.165) is 57.8 Å². The Kier molecular flexibility index (Phi) is 5.98. The summed E-state index contributed by atoms with van der Waals surface area (Å²) in [4.78, 5) is 37.8. The lowest BCUT2D eigenvalue weighted by molar-refractivity contribution is -0.189. The Hall–Kier alpha value is -1.45. The van der Waals surface area contributed by atoms with Gasteiger partial charge in [0.25, 0.3) is 0 Å². The first kappa shape index (κ1) is 22.7. The second-order valence-corrected chi connectivity index (χ2v) is 11.3. The van der Waals surface area contributed by atoms with E-state index in [1.165, 1.54) is 5.57 Å². The van der Waals surface area contributed by atoms with Gasteiger partial charge in [-0.05, 0) is 87.5 Å². The van der Waals surface area contributed by atoms with Crippen LogP contribution in [-0.2, 0) is 19.1 Å². The highest BCUT2D eigenvalue weighted by atomic mass is 16.6. The number of hydrogen-bond donors (Lipinski definition) is 0. The standard InChI is InChI=1S/C27H40O4/c1-5-6-7-8-24(30)31-27(18(2)28)16-13-23-21-10-9-19-17-20(29)11-14-25(19,3)22(21)12-15-26(23,27)4/h17,21-23H,5-16H2,1-4H3/t21-,22-,23-,25+,26-,27+/m1/s1. The molecule has 0 amide bonds. The van der Waals surface area contributed by atoms with E-state index in [0.29, 0.717) is 37.0 Å². The summed E-state index contributed by atoms with van der Waals surface area (Å²) in [5, 5.41) is 0. The first-order chi connectivity index (χ1) is 14.7. The fourth-order valence-corrected chi connectivity index (χ4v) is 8.14. The molecular formula is C27H40O4. The van der Waals surface area contributed by atoms with E-state index in [1.54, 1.807) is 6.92 Å². The van der Waals surface area contributed by atoms with Crippen molar-refractivity contribution in [3.63, 3.8) is 0 Å². The van der Waals surface area contributed by atoms with Crippen molar-refractivity contribution >= 4 is 17.5 Å². The third kappa shape index (κ3) is 3.43. The molecule has 4 aliphatic carbocycles. The Morgan fingerprint density at radius 2 is 1.77 bits per heavy atom. The van der Waals surface area contributed by atoms with Gasteiger partial charge < -0.3 is 4.74 Å². The van der Waals surface area contributed by atoms with Crippen LogP contribution in [0.4, 0.5) is 0 Å². The number of unbranched alkanes of at least 4 members (excludes halogenated alkanes) is 2. The summed E-state index contributed by atoms with van der Waals surface area (Å²) >= 11 is 0. The first-order valence-electron chi connectivity index (χ1n) is 12.6. The fraction of sp³-hybridized carbons (Fsp3) is 0.815. The molecule has 0 N–H and O–H groups in total. The van der Waals surface area contributed by atoms with E-state index in [2.05, 4.69) is 20.8 Å². The number of allylic oxidation sites excluding steroid dienone is 1. The topological polar surface area (TPSA) is 60.4 Å². The van der Waals surface area contributed by atoms with Gasteiger partial charge in [0.15, 0.2) is 17.2 Å². The molecule has 4 heteroatoms. The summed E-state index contributed by atoms with van der Waals surface area (Å²) in [7, 11) is 0. The number of carbonyl (C=O) groups is 3. The molecule has 4 nitrogen and oxygen atoms in total. The van der Waals surface area contributed by atoms with Crippen molar-refractivity contribution in [2.75, 3.05) is 0 Å². The number of carbonyl (C=O) groups excluding carboxylic acids is 3. The highest BCUT2D eigenvalue weighted by Gasteiger charge is 2.67. The number of hydrogen-bond acceptors (Lipinski definition) is 4. The Morgan fingerprint density at radius 1 is 1.03 bits per heavy atom. The summed E-state index contributed by atoms with van der Waals surface area (Å²) in [6, 6.07) is 0. The molecule has 0 aromatic carbocycles. The molecule has 3 fully saturated rings. The van der Waals surface area contributed by atoms with Gasteiger partial charge in [0.2, 0.25) is 0 Å². The van der Waals surface area contributed by atoms with Crippen LogP contribution in [0.2, 0.25) is 0 Å². The van der Waals surface area contributed by atoms with Gasteiger partial charge in [0.05, 0.1) is 0 Å². The minimum atomic E-state index is -0.953. The second-order valence-electron chi connectivity index (χ2n) is 11.3. The van der Waals surface area contributed by atoms with Gasteiger partial charge in [0.1, 0.15) is 0 Å². The van der Waals surface area contributed by atoms with Gasteiger partial charge in [-0.25, -0.2) is 0 Å². The molecule has 0 spiro atoms. The molecule has 4 rings (SSSR count). The zero-order chi connectivity index (χ0) is 22.4. The van der Waals surface area contributed by atoms with Crippen LogP contribution in [0.1, 0.15) is 105 Å². The molecule has 0 aromatic rings. The zero-order valence-corrected chi connectivity index (χ0v) is 19.9. The lowest BCUT2D eigenvalue weighted by atomic mass is 9.46. The number of esters is 1. The summed E-state index contributed by atoms with van der Waals surface area (Å²) < 4.78 is 6.16. The Morgan fingerprint density at radius 3 is 2.48 bits per heavy atom. The summed E-state index contributed by atoms with van der Waals surface area (Å²) in [5.74, 6) is 1.66. The molecule has 6 atom stereocenters. The number of rotatable bonds is 6. The minimum Gasteiger partial charge on any atom is -0.450 e. The van der Waals surface area contributed by atoms with E-state index in [1.807, 2.05) is 6.08 Å². The lowest BCUT2D eigenvalue weighted by Crippen LogP contribution is -2.58. The third-order valence-electron chi connectivity index (χ3n) is 9.92. The van der Waals surface area contributed by atoms with Crippen LogP contribution >= 0.6 is 0 Å². The SMILES string of the molecule is CCCCCC(=O)O[C@]1(C(C)=O)CC[C@@H]2[C@@H]3CCC4=CC(=O)CC[C@]4(C)[C@@H]3CC[C@]21C. The molecule has 0 bridgehead atoms. The highest BCUT2D eigenvalue weighted by Crippen LogP contribution is 2.68. The molecular weight excluding hydrogens is 388 g/mol. The van der Waals surface area contributed by atoms with Crippen molar-refractivity contribution in [1.82, 2.24) is 0 Å². The third-order valence-corrected chi connectivity index (χ3v) is 9.92. The fourth-order valence-electron chi connectivity index (χ4n) is 8.14. The van der Waals surface area contributed by atoms with Crippen LogP contribution in [0.5, 0.6) is 0 Å². The van der Waals surface area contributed by atoms with E-state index < -0.39 is 5.60 Å². The molecule has 3 saturated carbocycles. The Balaban J connectivity index is 1.59. The number of fused-ring (bicyclic) bond motifs is 5. The van der Waals surface area contributed by atoms with Crippen LogP contribution in [0.25, 0.3) is 0 Å². The van der Waals surface area contributed by atoms with E-state index >= 15 is 0 Å². The number of ketones is 2. The normalized spacial score (nSPS) is 41.6. The monoisotopic (exact) mass is 428 g/mol. The van der Waals surface area contributed by atoms with Crippen molar-refractivity contribution in [3.05, 3.63) is 11.6 Å². The molecule has 31 heavy (non-hydrogen) atoms. The molecule has 0 radical (unpaired) electrons. The van der Waals surface area contributed by atoms with Crippen LogP contribution in [0.3, 0.4) is 0 Å². The highest BCUT2D eigenvalue weighted by molar-refractivity contribution is 5.91. The van der Waals surface area contributed by atoms with Gasteiger partial charge in [0, 0.05) is 18.3 Å². The van der Waals surface area contributed by atoms with Crippen molar-refractivity contribution < 1.29 is 19.1 Å². The maximum Gasteiger partial charge on any atom is 0.306 e. The van der Waals surface area contributed by atoms with Crippen molar-refractivity contribution in [3.8, 4) is 0 Å². The minimum absolute atomic E-state index is 0.0330. The molecule has 0 aliphatic heterocycles. The van der Waals surface area contributed by atoms with Crippen LogP contribution in [0, 0.1) is 28.6 Å². The van der Waals surface area contributed by atoms with Gasteiger partial charge in [-0.1, -0.05) is 39.2 Å². The zero-order valence-electron chi connectivity index (χ0n) is 19.9. The van der Waals surface area contributed by atoms with Gasteiger partial charge >= 0.3 is 5.97 Å². The smallest absolute Gasteiger partial charge is 0.306 e. The predicted molar refractivity (Wildman–Crippen MR) is 120 cm³/mol. The van der Waals surface area contributed by atoms with E-state index in [-0.39, 0.29) is 28.4 Å². The van der Waals surface area contributed by atoms with Gasteiger partial charge in [-0.2, -0.15) is 0 Å². The Labute approximate surface area is 187 Å². The average Bonchev–Trinajstić information content (AvgIpc) is 3.02. The average molecular weight is 429 g/mol. The second kappa shape index (κ2) is 8.15. The van der Waals surface area contributed by atoms with Crippen LogP contribution in [0.15, 0.2) is 11.6 Å².